The molecule has 9 nitrogen and oxygen atoms in total. The summed E-state index contributed by atoms with van der Waals surface area (Å²) in [6.07, 6.45) is 11.2. The zero-order chi connectivity index (χ0) is 29.5. The molecule has 0 radical (unpaired) electrons. The molecule has 4 saturated heterocycles. The van der Waals surface area contributed by atoms with Crippen molar-refractivity contribution in [1.29, 1.82) is 0 Å². The second-order valence-electron chi connectivity index (χ2n) is 12.3. The highest BCUT2D eigenvalue weighted by Gasteiger charge is 2.52. The number of amides is 1. The molecule has 224 valence electrons. The topological polar surface area (TPSA) is 101 Å². The Labute approximate surface area is 256 Å². The van der Waals surface area contributed by atoms with Gasteiger partial charge >= 0.3 is 0 Å². The van der Waals surface area contributed by atoms with E-state index in [1.165, 1.54) is 50.9 Å². The van der Waals surface area contributed by atoms with Crippen molar-refractivity contribution in [1.82, 2.24) is 24.8 Å². The number of piperidine rings is 4. The van der Waals surface area contributed by atoms with Gasteiger partial charge in [-0.1, -0.05) is 35.0 Å². The van der Waals surface area contributed by atoms with E-state index in [1.54, 1.807) is 30.3 Å². The van der Waals surface area contributed by atoms with Crippen molar-refractivity contribution in [3.8, 4) is 11.5 Å². The maximum absolute atomic E-state index is 13.4. The first-order valence-electron chi connectivity index (χ1n) is 15.3. The summed E-state index contributed by atoms with van der Waals surface area (Å²) in [5, 5.41) is 19.8. The highest BCUT2D eigenvalue weighted by Crippen LogP contribution is 2.46. The van der Waals surface area contributed by atoms with Crippen molar-refractivity contribution in [3.05, 3.63) is 76.6 Å². The van der Waals surface area contributed by atoms with E-state index >= 15 is 0 Å². The van der Waals surface area contributed by atoms with Gasteiger partial charge in [-0.25, -0.2) is 4.68 Å². The fourth-order valence-electron chi connectivity index (χ4n) is 7.83. The Morgan fingerprint density at radius 3 is 2.74 bits per heavy atom. The molecule has 5 heterocycles. The van der Waals surface area contributed by atoms with E-state index in [4.69, 9.17) is 16.3 Å². The minimum atomic E-state index is -0.319. The van der Waals surface area contributed by atoms with Crippen LogP contribution in [0.25, 0.3) is 6.08 Å². The predicted octanol–water partition coefficient (Wildman–Crippen LogP) is 5.15. The molecule has 7 rings (SSSR count). The standard InChI is InChI=1S/C33H36ClN5O4/c34-23-8-5-21(6-9-23)7-12-30(40)28-11-10-26(17-31(28)41)43-20-24-19-39(36-35-24)25-15-29-27-4-2-14-37-13-1-3-22(33(27)37)18-38(29)32(42)16-25/h5-12,17,19,22,25,27,29,33,41H,1-4,13-16,18,20H2/b12-7+/t22-,25+,27+,29+,33-/m0/s1. The SMILES string of the molecule is O=C(/C=C/c1ccc(Cl)cc1)c1ccc(OCc2cn([C@H]3CC(=O)N4C[C@@H]5CCCN6CCC[C@@H]([C@H]56)[C@H]4C3)nn2)cc1O. The summed E-state index contributed by atoms with van der Waals surface area (Å²) in [6, 6.07) is 12.6. The minimum Gasteiger partial charge on any atom is -0.507 e. The van der Waals surface area contributed by atoms with Gasteiger partial charge in [0.25, 0.3) is 0 Å². The van der Waals surface area contributed by atoms with Crippen LogP contribution >= 0.6 is 11.6 Å². The molecule has 1 amide bonds. The lowest BCUT2D eigenvalue weighted by Gasteiger charge is -2.59. The van der Waals surface area contributed by atoms with Crippen LogP contribution in [0.15, 0.2) is 54.7 Å². The number of hydrogen-bond donors (Lipinski definition) is 1. The molecule has 0 unspecified atom stereocenters. The average molecular weight is 602 g/mol. The number of phenols is 1. The summed E-state index contributed by atoms with van der Waals surface area (Å²) in [6.45, 7) is 3.46. The van der Waals surface area contributed by atoms with Gasteiger partial charge in [0.05, 0.1) is 17.8 Å². The van der Waals surface area contributed by atoms with Gasteiger partial charge in [-0.05, 0) is 92.9 Å². The van der Waals surface area contributed by atoms with Crippen molar-refractivity contribution >= 4 is 29.4 Å². The quantitative estimate of drug-likeness (QED) is 0.295. The zero-order valence-corrected chi connectivity index (χ0v) is 24.8. The highest BCUT2D eigenvalue weighted by atomic mass is 35.5. The number of fused-ring (bicyclic) bond motifs is 2. The van der Waals surface area contributed by atoms with E-state index in [2.05, 4.69) is 20.1 Å². The first-order chi connectivity index (χ1) is 20.9. The smallest absolute Gasteiger partial charge is 0.224 e. The van der Waals surface area contributed by atoms with E-state index in [9.17, 15) is 14.7 Å². The molecule has 1 N–H and O–H groups in total. The van der Waals surface area contributed by atoms with Crippen molar-refractivity contribution in [3.63, 3.8) is 0 Å². The molecule has 0 aliphatic carbocycles. The molecule has 10 heteroatoms. The predicted molar refractivity (Wildman–Crippen MR) is 162 cm³/mol. The van der Waals surface area contributed by atoms with Crippen LogP contribution in [0, 0.1) is 11.8 Å². The average Bonchev–Trinajstić information content (AvgIpc) is 3.50. The second-order valence-corrected chi connectivity index (χ2v) is 12.8. The molecule has 4 aliphatic heterocycles. The molecule has 1 aromatic heterocycles. The molecule has 0 spiro atoms. The van der Waals surface area contributed by atoms with Crippen molar-refractivity contribution in [2.45, 2.75) is 63.3 Å². The molecule has 2 aromatic carbocycles. The fraction of sp³-hybridized carbons (Fsp3) is 0.455. The highest BCUT2D eigenvalue weighted by molar-refractivity contribution is 6.30. The number of carbonyl (C=O) groups excluding carboxylic acids is 2. The number of benzene rings is 2. The lowest BCUT2D eigenvalue weighted by molar-refractivity contribution is -0.153. The van der Waals surface area contributed by atoms with Crippen LogP contribution < -0.4 is 4.74 Å². The molecule has 0 saturated carbocycles. The minimum absolute atomic E-state index is 0.0132. The van der Waals surface area contributed by atoms with Gasteiger partial charge in [0, 0.05) is 36.1 Å². The van der Waals surface area contributed by atoms with Crippen LogP contribution in [-0.4, -0.2) is 73.3 Å². The van der Waals surface area contributed by atoms with Gasteiger partial charge in [-0.2, -0.15) is 0 Å². The Morgan fingerprint density at radius 1 is 1.12 bits per heavy atom. The number of halogens is 1. The van der Waals surface area contributed by atoms with E-state index in [1.807, 2.05) is 23.0 Å². The third kappa shape index (κ3) is 5.68. The Hall–Kier alpha value is -3.69. The molecule has 3 aromatic rings. The van der Waals surface area contributed by atoms with Crippen LogP contribution in [0.2, 0.25) is 5.02 Å². The molecular weight excluding hydrogens is 566 g/mol. The largest absolute Gasteiger partial charge is 0.507 e. The van der Waals surface area contributed by atoms with E-state index in [0.717, 1.165) is 18.5 Å². The van der Waals surface area contributed by atoms with Crippen LogP contribution in [0.5, 0.6) is 11.5 Å². The molecule has 0 bridgehead atoms. The third-order valence-corrected chi connectivity index (χ3v) is 10.0. The van der Waals surface area contributed by atoms with Gasteiger partial charge in [-0.3, -0.25) is 14.5 Å². The molecule has 4 aliphatic rings. The Morgan fingerprint density at radius 2 is 1.93 bits per heavy atom. The number of ketones is 1. The number of phenolic OH excluding ortho intramolecular Hbond substituents is 1. The maximum Gasteiger partial charge on any atom is 0.224 e. The number of ether oxygens (including phenoxy) is 1. The summed E-state index contributed by atoms with van der Waals surface area (Å²) >= 11 is 5.91. The first kappa shape index (κ1) is 28.1. The summed E-state index contributed by atoms with van der Waals surface area (Å²) in [5.41, 5.74) is 1.65. The molecule has 5 atom stereocenters. The van der Waals surface area contributed by atoms with E-state index < -0.39 is 0 Å². The summed E-state index contributed by atoms with van der Waals surface area (Å²) < 4.78 is 7.71. The van der Waals surface area contributed by atoms with Gasteiger partial charge in [0.15, 0.2) is 5.78 Å². The van der Waals surface area contributed by atoms with Gasteiger partial charge in [-0.15, -0.1) is 5.10 Å². The van der Waals surface area contributed by atoms with Crippen LogP contribution in [0.3, 0.4) is 0 Å². The third-order valence-electron chi connectivity index (χ3n) is 9.77. The van der Waals surface area contributed by atoms with Crippen LogP contribution in [-0.2, 0) is 11.4 Å². The molecule has 43 heavy (non-hydrogen) atoms. The van der Waals surface area contributed by atoms with Crippen LogP contribution in [0.4, 0.5) is 0 Å². The molecular formula is C33H36ClN5O4. The Balaban J connectivity index is 0.978. The van der Waals surface area contributed by atoms with Crippen LogP contribution in [0.1, 0.15) is 66.2 Å². The number of allylic oxidation sites excluding steroid dienone is 1. The lowest BCUT2D eigenvalue weighted by Crippen LogP contribution is -2.67. The monoisotopic (exact) mass is 601 g/mol. The number of rotatable bonds is 7. The van der Waals surface area contributed by atoms with Crippen molar-refractivity contribution < 1.29 is 19.4 Å². The molecule has 4 fully saturated rings. The normalized spacial score (nSPS) is 27.1. The van der Waals surface area contributed by atoms with Crippen molar-refractivity contribution in [2.24, 2.45) is 11.8 Å². The summed E-state index contributed by atoms with van der Waals surface area (Å²) in [5.74, 6) is 1.33. The Kier molecular flexibility index (Phi) is 7.69. The zero-order valence-electron chi connectivity index (χ0n) is 24.0. The van der Waals surface area contributed by atoms with Gasteiger partial charge in [0.2, 0.25) is 5.91 Å². The number of carbonyl (C=O) groups is 2. The van der Waals surface area contributed by atoms with Gasteiger partial charge < -0.3 is 14.7 Å². The number of hydrogen-bond acceptors (Lipinski definition) is 7. The summed E-state index contributed by atoms with van der Waals surface area (Å²) in [7, 11) is 0. The lowest BCUT2D eigenvalue weighted by atomic mass is 9.67. The van der Waals surface area contributed by atoms with Crippen molar-refractivity contribution in [2.75, 3.05) is 19.6 Å². The number of nitrogens with zero attached hydrogens (tertiary/aromatic N) is 5. The van der Waals surface area contributed by atoms with Gasteiger partial charge in [0.1, 0.15) is 23.8 Å². The first-order valence-corrected chi connectivity index (χ1v) is 15.7. The Bertz CT molecular complexity index is 1540. The second kappa shape index (κ2) is 11.8. The number of aromatic nitrogens is 3. The fourth-order valence-corrected chi connectivity index (χ4v) is 7.95. The van der Waals surface area contributed by atoms with E-state index in [-0.39, 0.29) is 41.7 Å². The summed E-state index contributed by atoms with van der Waals surface area (Å²) in [4.78, 5) is 30.9. The van der Waals surface area contributed by atoms with E-state index in [0.29, 0.717) is 40.8 Å². The maximum atomic E-state index is 13.4. The number of aromatic hydroxyl groups is 1.